The van der Waals surface area contributed by atoms with Crippen molar-refractivity contribution in [1.29, 1.82) is 0 Å². The maximum absolute atomic E-state index is 11.7. The number of ether oxygens (including phenoxy) is 2. The number of hydrogen-bond donors (Lipinski definition) is 0. The Morgan fingerprint density at radius 3 is 2.57 bits per heavy atom. The number of methoxy groups -OCH3 is 2. The van der Waals surface area contributed by atoms with Crippen molar-refractivity contribution in [2.24, 2.45) is 0 Å². The van der Waals surface area contributed by atoms with E-state index in [-0.39, 0.29) is 11.5 Å². The second-order valence-electron chi connectivity index (χ2n) is 4.53. The Balaban J connectivity index is 2.19. The average molecular weight is 282 g/mol. The highest BCUT2D eigenvalue weighted by Crippen LogP contribution is 2.35. The van der Waals surface area contributed by atoms with E-state index in [4.69, 9.17) is 13.9 Å². The molecule has 3 aromatic rings. The SMILES string of the molecule is COC(=O)c1cc(-c2cccc3ccccc23)oc1OC. The van der Waals surface area contributed by atoms with E-state index in [0.29, 0.717) is 5.76 Å². The summed E-state index contributed by atoms with van der Waals surface area (Å²) in [5, 5.41) is 2.15. The number of rotatable bonds is 3. The van der Waals surface area contributed by atoms with Crippen LogP contribution in [0.3, 0.4) is 0 Å². The quantitative estimate of drug-likeness (QED) is 0.684. The first-order valence-corrected chi connectivity index (χ1v) is 6.49. The molecule has 0 radical (unpaired) electrons. The molecule has 4 nitrogen and oxygen atoms in total. The summed E-state index contributed by atoms with van der Waals surface area (Å²) in [6.45, 7) is 0. The summed E-state index contributed by atoms with van der Waals surface area (Å²) in [5.41, 5.74) is 1.18. The maximum atomic E-state index is 11.7. The van der Waals surface area contributed by atoms with Crippen LogP contribution in [0.4, 0.5) is 0 Å². The molecule has 21 heavy (non-hydrogen) atoms. The van der Waals surface area contributed by atoms with E-state index < -0.39 is 5.97 Å². The van der Waals surface area contributed by atoms with Gasteiger partial charge in [0.1, 0.15) is 11.3 Å². The summed E-state index contributed by atoms with van der Waals surface area (Å²) in [4.78, 5) is 11.7. The van der Waals surface area contributed by atoms with Gasteiger partial charge in [0.25, 0.3) is 5.95 Å². The monoisotopic (exact) mass is 282 g/mol. The van der Waals surface area contributed by atoms with E-state index in [0.717, 1.165) is 16.3 Å². The number of esters is 1. The minimum Gasteiger partial charge on any atom is -0.468 e. The van der Waals surface area contributed by atoms with E-state index in [1.807, 2.05) is 42.5 Å². The minimum atomic E-state index is -0.484. The van der Waals surface area contributed by atoms with Crippen molar-refractivity contribution in [2.75, 3.05) is 14.2 Å². The van der Waals surface area contributed by atoms with Gasteiger partial charge < -0.3 is 13.9 Å². The molecule has 0 N–H and O–H groups in total. The van der Waals surface area contributed by atoms with Gasteiger partial charge in [0, 0.05) is 11.6 Å². The van der Waals surface area contributed by atoms with Crippen LogP contribution in [-0.2, 0) is 4.74 Å². The Hall–Kier alpha value is -2.75. The van der Waals surface area contributed by atoms with E-state index in [1.165, 1.54) is 14.2 Å². The second kappa shape index (κ2) is 5.32. The molecule has 0 saturated carbocycles. The molecule has 0 aliphatic carbocycles. The molecule has 0 bridgehead atoms. The molecular formula is C17H14O4. The van der Waals surface area contributed by atoms with Crippen LogP contribution >= 0.6 is 0 Å². The molecule has 1 aromatic heterocycles. The van der Waals surface area contributed by atoms with Gasteiger partial charge in [-0.15, -0.1) is 0 Å². The topological polar surface area (TPSA) is 48.7 Å². The lowest BCUT2D eigenvalue weighted by Crippen LogP contribution is -2.01. The fraction of sp³-hybridized carbons (Fsp3) is 0.118. The van der Waals surface area contributed by atoms with Gasteiger partial charge in [-0.25, -0.2) is 4.79 Å². The zero-order chi connectivity index (χ0) is 14.8. The molecule has 0 saturated heterocycles. The molecule has 0 aliphatic heterocycles. The Morgan fingerprint density at radius 2 is 1.81 bits per heavy atom. The van der Waals surface area contributed by atoms with Crippen LogP contribution in [-0.4, -0.2) is 20.2 Å². The van der Waals surface area contributed by atoms with Gasteiger partial charge in [0.05, 0.1) is 14.2 Å². The van der Waals surface area contributed by atoms with Crippen LogP contribution in [0.1, 0.15) is 10.4 Å². The van der Waals surface area contributed by atoms with Crippen molar-refractivity contribution < 1.29 is 18.7 Å². The molecule has 3 rings (SSSR count). The molecule has 106 valence electrons. The van der Waals surface area contributed by atoms with Crippen molar-refractivity contribution in [1.82, 2.24) is 0 Å². The highest BCUT2D eigenvalue weighted by Gasteiger charge is 2.21. The summed E-state index contributed by atoms with van der Waals surface area (Å²) in [6, 6.07) is 15.6. The number of carbonyl (C=O) groups is 1. The standard InChI is InChI=1S/C17H14O4/c1-19-16(18)14-10-15(21-17(14)20-2)13-9-5-7-11-6-3-4-8-12(11)13/h3-10H,1-2H3. The first kappa shape index (κ1) is 13.2. The predicted octanol–water partition coefficient (Wildman–Crippen LogP) is 3.90. The van der Waals surface area contributed by atoms with Crippen LogP contribution in [0.25, 0.3) is 22.1 Å². The average Bonchev–Trinajstić information content (AvgIpc) is 2.97. The zero-order valence-corrected chi connectivity index (χ0v) is 11.8. The van der Waals surface area contributed by atoms with E-state index in [2.05, 4.69) is 0 Å². The number of hydrogen-bond acceptors (Lipinski definition) is 4. The number of carbonyl (C=O) groups excluding carboxylic acids is 1. The first-order valence-electron chi connectivity index (χ1n) is 6.49. The number of fused-ring (bicyclic) bond motifs is 1. The van der Waals surface area contributed by atoms with Gasteiger partial charge in [0.15, 0.2) is 0 Å². The lowest BCUT2D eigenvalue weighted by molar-refractivity contribution is 0.0594. The fourth-order valence-corrected chi connectivity index (χ4v) is 2.35. The van der Waals surface area contributed by atoms with Crippen LogP contribution in [0.15, 0.2) is 52.9 Å². The molecule has 0 aliphatic rings. The first-order chi connectivity index (χ1) is 10.2. The summed E-state index contributed by atoms with van der Waals surface area (Å²) in [7, 11) is 2.78. The van der Waals surface area contributed by atoms with Gasteiger partial charge in [-0.2, -0.15) is 0 Å². The Kier molecular flexibility index (Phi) is 3.36. The van der Waals surface area contributed by atoms with Gasteiger partial charge >= 0.3 is 5.97 Å². The third-order valence-electron chi connectivity index (χ3n) is 3.34. The van der Waals surface area contributed by atoms with Crippen molar-refractivity contribution in [3.05, 3.63) is 54.1 Å². The van der Waals surface area contributed by atoms with Gasteiger partial charge in [0.2, 0.25) is 0 Å². The Bertz CT molecular complexity index is 796. The molecule has 0 unspecified atom stereocenters. The highest BCUT2D eigenvalue weighted by atomic mass is 16.6. The number of benzene rings is 2. The predicted molar refractivity (Wildman–Crippen MR) is 79.5 cm³/mol. The molecule has 4 heteroatoms. The Morgan fingerprint density at radius 1 is 1.05 bits per heavy atom. The third kappa shape index (κ3) is 2.25. The van der Waals surface area contributed by atoms with Crippen molar-refractivity contribution in [3.8, 4) is 17.3 Å². The normalized spacial score (nSPS) is 10.6. The van der Waals surface area contributed by atoms with Crippen molar-refractivity contribution in [3.63, 3.8) is 0 Å². The smallest absolute Gasteiger partial charge is 0.345 e. The zero-order valence-electron chi connectivity index (χ0n) is 11.8. The molecular weight excluding hydrogens is 268 g/mol. The molecule has 1 heterocycles. The van der Waals surface area contributed by atoms with Crippen LogP contribution in [0.5, 0.6) is 5.95 Å². The van der Waals surface area contributed by atoms with Crippen LogP contribution in [0.2, 0.25) is 0 Å². The van der Waals surface area contributed by atoms with Crippen molar-refractivity contribution in [2.45, 2.75) is 0 Å². The molecule has 0 atom stereocenters. The van der Waals surface area contributed by atoms with E-state index in [1.54, 1.807) is 6.07 Å². The lowest BCUT2D eigenvalue weighted by atomic mass is 10.0. The van der Waals surface area contributed by atoms with E-state index in [9.17, 15) is 4.79 Å². The second-order valence-corrected chi connectivity index (χ2v) is 4.53. The maximum Gasteiger partial charge on any atom is 0.345 e. The Labute approximate surface area is 121 Å². The van der Waals surface area contributed by atoms with Crippen molar-refractivity contribution >= 4 is 16.7 Å². The lowest BCUT2D eigenvalue weighted by Gasteiger charge is -2.03. The van der Waals surface area contributed by atoms with Gasteiger partial charge in [-0.05, 0) is 10.8 Å². The van der Waals surface area contributed by atoms with E-state index >= 15 is 0 Å². The molecule has 0 spiro atoms. The summed E-state index contributed by atoms with van der Waals surface area (Å²) >= 11 is 0. The third-order valence-corrected chi connectivity index (χ3v) is 3.34. The van der Waals surface area contributed by atoms with Crippen LogP contribution < -0.4 is 4.74 Å². The fourth-order valence-electron chi connectivity index (χ4n) is 2.35. The number of furan rings is 1. The van der Waals surface area contributed by atoms with Gasteiger partial charge in [-0.1, -0.05) is 42.5 Å². The molecule has 0 amide bonds. The van der Waals surface area contributed by atoms with Gasteiger partial charge in [-0.3, -0.25) is 0 Å². The molecule has 0 fully saturated rings. The summed E-state index contributed by atoms with van der Waals surface area (Å²) in [6.07, 6.45) is 0. The largest absolute Gasteiger partial charge is 0.468 e. The summed E-state index contributed by atoms with van der Waals surface area (Å²) < 4.78 is 15.5. The summed E-state index contributed by atoms with van der Waals surface area (Å²) in [5.74, 6) is 0.246. The van der Waals surface area contributed by atoms with Crippen LogP contribution in [0, 0.1) is 0 Å². The minimum absolute atomic E-state index is 0.157. The molecule has 2 aromatic carbocycles. The highest BCUT2D eigenvalue weighted by molar-refractivity contribution is 5.98.